The Morgan fingerprint density at radius 3 is 2.74 bits per heavy atom. The average Bonchev–Trinajstić information content (AvgIpc) is 3.52. The SMILES string of the molecule is Cc1ccc(Nc2ccc3c(c2)ncn3-c2ccc(CCO)c(-n3nc(C(F)(F)F)c4c3CCNC4)n2)nn1. The molecule has 0 aliphatic carbocycles. The third kappa shape index (κ3) is 4.70. The number of nitrogens with zero attached hydrogens (tertiary/aromatic N) is 7. The van der Waals surface area contributed by atoms with Crippen LogP contribution in [0.4, 0.5) is 24.7 Å². The van der Waals surface area contributed by atoms with Crippen LogP contribution in [0.3, 0.4) is 0 Å². The highest BCUT2D eigenvalue weighted by Gasteiger charge is 2.40. The molecule has 0 unspecified atom stereocenters. The lowest BCUT2D eigenvalue weighted by Gasteiger charge is -2.17. The Balaban J connectivity index is 1.41. The minimum absolute atomic E-state index is 0.0793. The number of aliphatic hydroxyl groups excluding tert-OH is 1. The van der Waals surface area contributed by atoms with E-state index in [1.54, 1.807) is 23.0 Å². The molecule has 39 heavy (non-hydrogen) atoms. The Morgan fingerprint density at radius 1 is 1.10 bits per heavy atom. The van der Waals surface area contributed by atoms with Crippen LogP contribution in [-0.2, 0) is 25.6 Å². The van der Waals surface area contributed by atoms with Crippen LogP contribution in [0.2, 0.25) is 0 Å². The van der Waals surface area contributed by atoms with E-state index >= 15 is 0 Å². The van der Waals surface area contributed by atoms with Crippen LogP contribution < -0.4 is 10.6 Å². The number of nitrogens with one attached hydrogen (secondary N) is 2. The van der Waals surface area contributed by atoms with Gasteiger partial charge in [0.05, 0.1) is 22.4 Å². The number of aromatic nitrogens is 7. The van der Waals surface area contributed by atoms with Crippen LogP contribution in [0.1, 0.15) is 28.2 Å². The molecule has 1 aliphatic rings. The van der Waals surface area contributed by atoms with Crippen molar-refractivity contribution < 1.29 is 18.3 Å². The van der Waals surface area contributed by atoms with Crippen LogP contribution >= 0.6 is 0 Å². The number of aryl methyl sites for hydroxylation is 1. The number of rotatable bonds is 6. The molecule has 200 valence electrons. The molecule has 3 N–H and O–H groups in total. The van der Waals surface area contributed by atoms with Crippen molar-refractivity contribution >= 4 is 22.5 Å². The summed E-state index contributed by atoms with van der Waals surface area (Å²) in [5, 5.41) is 28.0. The maximum atomic E-state index is 13.8. The number of fused-ring (bicyclic) bond motifs is 2. The van der Waals surface area contributed by atoms with Gasteiger partial charge in [-0.1, -0.05) is 6.07 Å². The second kappa shape index (κ2) is 9.75. The lowest BCUT2D eigenvalue weighted by molar-refractivity contribution is -0.142. The number of hydrogen-bond donors (Lipinski definition) is 3. The monoisotopic (exact) mass is 535 g/mol. The smallest absolute Gasteiger partial charge is 0.396 e. The van der Waals surface area contributed by atoms with E-state index in [9.17, 15) is 18.3 Å². The first-order valence-corrected chi connectivity index (χ1v) is 12.4. The number of pyridine rings is 1. The fourth-order valence-electron chi connectivity index (χ4n) is 4.74. The molecule has 0 spiro atoms. The molecule has 0 bridgehead atoms. The Labute approximate surface area is 220 Å². The maximum absolute atomic E-state index is 13.8. The van der Waals surface area contributed by atoms with Gasteiger partial charge in [-0.25, -0.2) is 14.6 Å². The minimum atomic E-state index is -4.60. The molecule has 0 saturated heterocycles. The standard InChI is InChI=1S/C26H24F3N9O/c1-15-2-6-22(35-34-15)32-17-4-5-21-19(12-17)31-14-37(21)23-7-3-16(9-11-39)25(33-23)38-20-8-10-30-13-18(20)24(36-38)26(27,28)29/h2-7,12,14,30,39H,8-11,13H2,1H3,(H,32,35). The van der Waals surface area contributed by atoms with Crippen molar-refractivity contribution in [2.45, 2.75) is 32.5 Å². The zero-order valence-electron chi connectivity index (χ0n) is 20.9. The molecule has 10 nitrogen and oxygen atoms in total. The zero-order chi connectivity index (χ0) is 27.1. The number of alkyl halides is 3. The van der Waals surface area contributed by atoms with Gasteiger partial charge in [0.1, 0.15) is 12.1 Å². The Hall–Kier alpha value is -4.36. The van der Waals surface area contributed by atoms with Crippen LogP contribution in [-0.4, -0.2) is 52.8 Å². The van der Waals surface area contributed by atoms with E-state index in [0.717, 1.165) is 16.9 Å². The lowest BCUT2D eigenvalue weighted by Crippen LogP contribution is -2.26. The first kappa shape index (κ1) is 24.9. The molecule has 4 aromatic heterocycles. The number of hydrogen-bond acceptors (Lipinski definition) is 8. The summed E-state index contributed by atoms with van der Waals surface area (Å²) in [7, 11) is 0. The lowest BCUT2D eigenvalue weighted by atomic mass is 10.1. The molecule has 0 amide bonds. The highest BCUT2D eigenvalue weighted by atomic mass is 19.4. The van der Waals surface area contributed by atoms with E-state index in [1.165, 1.54) is 4.68 Å². The van der Waals surface area contributed by atoms with Crippen LogP contribution in [0.15, 0.2) is 48.8 Å². The Morgan fingerprint density at radius 2 is 1.97 bits per heavy atom. The fourth-order valence-corrected chi connectivity index (χ4v) is 4.74. The van der Waals surface area contributed by atoms with Crippen LogP contribution in [0, 0.1) is 6.92 Å². The molecule has 5 aromatic rings. The Bertz CT molecular complexity index is 1660. The number of imidazole rings is 1. The summed E-state index contributed by atoms with van der Waals surface area (Å²) in [5.41, 5.74) is 3.30. The number of anilines is 2. The normalized spacial score (nSPS) is 13.6. The molecular weight excluding hydrogens is 511 g/mol. The average molecular weight is 536 g/mol. The highest BCUT2D eigenvalue weighted by molar-refractivity contribution is 5.82. The molecule has 0 radical (unpaired) electrons. The topological polar surface area (TPSA) is 119 Å². The summed E-state index contributed by atoms with van der Waals surface area (Å²) < 4.78 is 44.5. The summed E-state index contributed by atoms with van der Waals surface area (Å²) in [4.78, 5) is 9.25. The summed E-state index contributed by atoms with van der Waals surface area (Å²) in [6, 6.07) is 12.8. The van der Waals surface area contributed by atoms with E-state index in [2.05, 4.69) is 30.9 Å². The molecule has 13 heteroatoms. The van der Waals surface area contributed by atoms with Gasteiger partial charge in [-0.05, 0) is 55.3 Å². The van der Waals surface area contributed by atoms with Crippen molar-refractivity contribution in [3.8, 4) is 11.6 Å². The molecule has 6 rings (SSSR count). The quantitative estimate of drug-likeness (QED) is 0.302. The molecule has 0 fully saturated rings. The van der Waals surface area contributed by atoms with Gasteiger partial charge in [-0.2, -0.15) is 23.4 Å². The third-order valence-corrected chi connectivity index (χ3v) is 6.59. The second-order valence-electron chi connectivity index (χ2n) is 9.24. The van der Waals surface area contributed by atoms with Crippen molar-refractivity contribution in [1.82, 2.24) is 39.8 Å². The molecule has 0 atom stereocenters. The molecular formula is C26H24F3N9O. The summed E-state index contributed by atoms with van der Waals surface area (Å²) in [6.07, 6.45) is -2.39. The highest BCUT2D eigenvalue weighted by Crippen LogP contribution is 2.35. The first-order valence-electron chi connectivity index (χ1n) is 12.4. The third-order valence-electron chi connectivity index (χ3n) is 6.59. The van der Waals surface area contributed by atoms with Crippen LogP contribution in [0.5, 0.6) is 0 Å². The number of halogens is 3. The van der Waals surface area contributed by atoms with Gasteiger partial charge >= 0.3 is 6.18 Å². The van der Waals surface area contributed by atoms with Crippen molar-refractivity contribution in [3.63, 3.8) is 0 Å². The molecule has 1 aromatic carbocycles. The molecule has 1 aliphatic heterocycles. The summed E-state index contributed by atoms with van der Waals surface area (Å²) >= 11 is 0. The van der Waals surface area contributed by atoms with E-state index in [1.807, 2.05) is 37.3 Å². The van der Waals surface area contributed by atoms with E-state index in [-0.39, 0.29) is 31.0 Å². The van der Waals surface area contributed by atoms with E-state index < -0.39 is 11.9 Å². The van der Waals surface area contributed by atoms with E-state index in [4.69, 9.17) is 4.98 Å². The van der Waals surface area contributed by atoms with Gasteiger partial charge in [0, 0.05) is 37.4 Å². The predicted octanol–water partition coefficient (Wildman–Crippen LogP) is 3.65. The van der Waals surface area contributed by atoms with Gasteiger partial charge in [0.15, 0.2) is 17.3 Å². The Kier molecular flexibility index (Phi) is 6.23. The molecule has 0 saturated carbocycles. The fraction of sp³-hybridized carbons (Fsp3) is 0.269. The predicted molar refractivity (Wildman–Crippen MR) is 137 cm³/mol. The van der Waals surface area contributed by atoms with Gasteiger partial charge < -0.3 is 15.7 Å². The first-order chi connectivity index (χ1) is 18.8. The second-order valence-corrected chi connectivity index (χ2v) is 9.24. The van der Waals surface area contributed by atoms with Gasteiger partial charge in [0.25, 0.3) is 0 Å². The largest absolute Gasteiger partial charge is 0.435 e. The van der Waals surface area contributed by atoms with Crippen molar-refractivity contribution in [2.24, 2.45) is 0 Å². The summed E-state index contributed by atoms with van der Waals surface area (Å²) in [5.74, 6) is 1.32. The van der Waals surface area contributed by atoms with E-state index in [0.29, 0.717) is 41.4 Å². The van der Waals surface area contributed by atoms with Crippen molar-refractivity contribution in [2.75, 3.05) is 18.5 Å². The van der Waals surface area contributed by atoms with Gasteiger partial charge in [-0.15, -0.1) is 5.10 Å². The number of aliphatic hydroxyl groups is 1. The number of benzene rings is 1. The van der Waals surface area contributed by atoms with Gasteiger partial charge in [-0.3, -0.25) is 4.57 Å². The minimum Gasteiger partial charge on any atom is -0.396 e. The van der Waals surface area contributed by atoms with Crippen molar-refractivity contribution in [1.29, 1.82) is 0 Å². The maximum Gasteiger partial charge on any atom is 0.435 e. The zero-order valence-corrected chi connectivity index (χ0v) is 20.9. The van der Waals surface area contributed by atoms with Gasteiger partial charge in [0.2, 0.25) is 0 Å². The van der Waals surface area contributed by atoms with Crippen molar-refractivity contribution in [3.05, 3.63) is 77.0 Å². The van der Waals surface area contributed by atoms with Crippen LogP contribution in [0.25, 0.3) is 22.7 Å². The summed E-state index contributed by atoms with van der Waals surface area (Å²) in [6.45, 7) is 2.29. The molecule has 5 heterocycles.